The van der Waals surface area contributed by atoms with E-state index < -0.39 is 0 Å². The Kier molecular flexibility index (Phi) is 2.53. The quantitative estimate of drug-likeness (QED) is 0.841. The van der Waals surface area contributed by atoms with Gasteiger partial charge in [0.2, 0.25) is 0 Å². The largest absolute Gasteiger partial charge is 0.399 e. The van der Waals surface area contributed by atoms with E-state index in [2.05, 4.69) is 15.5 Å². The third-order valence-electron chi connectivity index (χ3n) is 4.38. The number of ether oxygens (including phenoxy) is 1. The van der Waals surface area contributed by atoms with Crippen LogP contribution in [0.5, 0.6) is 0 Å². The lowest BCUT2D eigenvalue weighted by Crippen LogP contribution is -2.23. The Morgan fingerprint density at radius 3 is 3.00 bits per heavy atom. The molecule has 0 amide bonds. The lowest BCUT2D eigenvalue weighted by Gasteiger charge is -2.20. The number of benzene rings is 1. The van der Waals surface area contributed by atoms with Gasteiger partial charge in [-0.15, -0.1) is 5.10 Å². The molecule has 2 aromatic rings. The van der Waals surface area contributed by atoms with Crippen molar-refractivity contribution in [2.24, 2.45) is 0 Å². The van der Waals surface area contributed by atoms with E-state index in [9.17, 15) is 0 Å². The first-order chi connectivity index (χ1) is 9.72. The van der Waals surface area contributed by atoms with Crippen LogP contribution in [0.1, 0.15) is 30.9 Å². The van der Waals surface area contributed by atoms with Gasteiger partial charge in [-0.25, -0.2) is 4.68 Å². The molecule has 6 heteroatoms. The Labute approximate surface area is 116 Å². The molecule has 0 spiro atoms. The lowest BCUT2D eigenvalue weighted by molar-refractivity contribution is 0.0922. The summed E-state index contributed by atoms with van der Waals surface area (Å²) in [6, 6.07) is 6.08. The number of fused-ring (bicyclic) bond motifs is 2. The number of aryl methyl sites for hydroxylation is 1. The molecule has 3 heterocycles. The first-order valence-electron chi connectivity index (χ1n) is 7.02. The molecule has 1 aromatic heterocycles. The summed E-state index contributed by atoms with van der Waals surface area (Å²) in [6.45, 7) is 2.05. The van der Waals surface area contributed by atoms with Crippen LogP contribution in [0.15, 0.2) is 18.2 Å². The van der Waals surface area contributed by atoms with Crippen molar-refractivity contribution in [2.45, 2.75) is 44.4 Å². The van der Waals surface area contributed by atoms with Crippen LogP contribution in [0, 0.1) is 6.92 Å². The third kappa shape index (κ3) is 1.71. The summed E-state index contributed by atoms with van der Waals surface area (Å²) < 4.78 is 7.83. The van der Waals surface area contributed by atoms with Crippen LogP contribution in [-0.4, -0.2) is 32.4 Å². The van der Waals surface area contributed by atoms with Crippen molar-refractivity contribution in [2.75, 3.05) is 5.73 Å². The van der Waals surface area contributed by atoms with Gasteiger partial charge < -0.3 is 10.5 Å². The second-order valence-electron chi connectivity index (χ2n) is 5.70. The monoisotopic (exact) mass is 271 g/mol. The Morgan fingerprint density at radius 2 is 2.25 bits per heavy atom. The molecular formula is C14H17N5O. The van der Waals surface area contributed by atoms with Crippen LogP contribution in [0.25, 0.3) is 11.4 Å². The molecule has 104 valence electrons. The first kappa shape index (κ1) is 11.8. The van der Waals surface area contributed by atoms with Crippen LogP contribution in [0.4, 0.5) is 5.69 Å². The zero-order valence-electron chi connectivity index (χ0n) is 11.4. The van der Waals surface area contributed by atoms with Gasteiger partial charge in [0.05, 0.1) is 18.2 Å². The molecule has 2 fully saturated rings. The van der Waals surface area contributed by atoms with Gasteiger partial charge in [-0.1, -0.05) is 6.07 Å². The van der Waals surface area contributed by atoms with Gasteiger partial charge in [0.1, 0.15) is 0 Å². The highest BCUT2D eigenvalue weighted by atomic mass is 16.5. The van der Waals surface area contributed by atoms with E-state index in [4.69, 9.17) is 10.5 Å². The van der Waals surface area contributed by atoms with Gasteiger partial charge in [-0.2, -0.15) is 0 Å². The van der Waals surface area contributed by atoms with Crippen molar-refractivity contribution in [3.8, 4) is 11.4 Å². The maximum Gasteiger partial charge on any atom is 0.182 e. The molecule has 20 heavy (non-hydrogen) atoms. The van der Waals surface area contributed by atoms with Gasteiger partial charge in [0.25, 0.3) is 0 Å². The Balaban J connectivity index is 1.77. The maximum absolute atomic E-state index is 5.91. The van der Waals surface area contributed by atoms with E-state index in [1.807, 2.05) is 29.8 Å². The number of aromatic nitrogens is 4. The summed E-state index contributed by atoms with van der Waals surface area (Å²) in [7, 11) is 0. The molecule has 4 rings (SSSR count). The zero-order valence-corrected chi connectivity index (χ0v) is 11.4. The summed E-state index contributed by atoms with van der Waals surface area (Å²) in [5.41, 5.74) is 8.74. The smallest absolute Gasteiger partial charge is 0.182 e. The number of hydrogen-bond donors (Lipinski definition) is 1. The van der Waals surface area contributed by atoms with E-state index in [1.165, 1.54) is 0 Å². The average Bonchev–Trinajstić information content (AvgIpc) is 3.15. The molecule has 2 N–H and O–H groups in total. The first-order valence-corrected chi connectivity index (χ1v) is 7.02. The van der Waals surface area contributed by atoms with E-state index in [0.29, 0.717) is 6.10 Å². The SMILES string of the molecule is Cc1ccc(N)cc1-c1nnnn1C1CC2CCC1O2. The second-order valence-corrected chi connectivity index (χ2v) is 5.70. The molecule has 6 nitrogen and oxygen atoms in total. The number of nitrogens with zero attached hydrogens (tertiary/aromatic N) is 4. The number of tetrazole rings is 1. The van der Waals surface area contributed by atoms with Crippen molar-refractivity contribution >= 4 is 5.69 Å². The van der Waals surface area contributed by atoms with Crippen LogP contribution in [0.3, 0.4) is 0 Å². The van der Waals surface area contributed by atoms with E-state index >= 15 is 0 Å². The third-order valence-corrected chi connectivity index (χ3v) is 4.38. The molecule has 2 aliphatic heterocycles. The van der Waals surface area contributed by atoms with Crippen molar-refractivity contribution in [1.29, 1.82) is 0 Å². The average molecular weight is 271 g/mol. The Morgan fingerprint density at radius 1 is 1.35 bits per heavy atom. The lowest BCUT2D eigenvalue weighted by atomic mass is 9.95. The minimum Gasteiger partial charge on any atom is -0.399 e. The van der Waals surface area contributed by atoms with E-state index in [0.717, 1.165) is 41.9 Å². The van der Waals surface area contributed by atoms with Gasteiger partial charge in [-0.3, -0.25) is 0 Å². The van der Waals surface area contributed by atoms with Crippen LogP contribution < -0.4 is 5.73 Å². The van der Waals surface area contributed by atoms with Gasteiger partial charge in [0, 0.05) is 11.3 Å². The standard InChI is InChI=1S/C14H17N5O/c1-8-2-3-9(15)6-11(8)14-16-17-18-19(14)12-7-10-4-5-13(12)20-10/h2-3,6,10,12-13H,4-5,7,15H2,1H3. The number of nitrogen functional groups attached to an aromatic ring is 1. The molecule has 0 radical (unpaired) electrons. The molecular weight excluding hydrogens is 254 g/mol. The zero-order chi connectivity index (χ0) is 13.7. The van der Waals surface area contributed by atoms with Crippen molar-refractivity contribution in [3.05, 3.63) is 23.8 Å². The predicted molar refractivity (Wildman–Crippen MR) is 74.0 cm³/mol. The molecule has 0 aliphatic carbocycles. The van der Waals surface area contributed by atoms with Crippen LogP contribution in [0.2, 0.25) is 0 Å². The fourth-order valence-electron chi connectivity index (χ4n) is 3.34. The highest BCUT2D eigenvalue weighted by molar-refractivity contribution is 5.65. The topological polar surface area (TPSA) is 78.9 Å². The molecule has 1 aromatic carbocycles. The number of rotatable bonds is 2. The minimum atomic E-state index is 0.250. The van der Waals surface area contributed by atoms with Crippen molar-refractivity contribution in [1.82, 2.24) is 20.2 Å². The van der Waals surface area contributed by atoms with Gasteiger partial charge in [-0.05, 0) is 54.3 Å². The van der Waals surface area contributed by atoms with Crippen molar-refractivity contribution < 1.29 is 4.74 Å². The van der Waals surface area contributed by atoms with E-state index in [1.54, 1.807) is 0 Å². The fraction of sp³-hybridized carbons (Fsp3) is 0.500. The van der Waals surface area contributed by atoms with Crippen molar-refractivity contribution in [3.63, 3.8) is 0 Å². The summed E-state index contributed by atoms with van der Waals surface area (Å²) in [5, 5.41) is 12.3. The Bertz CT molecular complexity index is 653. The number of hydrogen-bond acceptors (Lipinski definition) is 5. The highest BCUT2D eigenvalue weighted by Gasteiger charge is 2.43. The van der Waals surface area contributed by atoms with Gasteiger partial charge >= 0.3 is 0 Å². The van der Waals surface area contributed by atoms with Crippen LogP contribution in [-0.2, 0) is 4.74 Å². The minimum absolute atomic E-state index is 0.250. The maximum atomic E-state index is 5.91. The fourth-order valence-corrected chi connectivity index (χ4v) is 3.34. The number of anilines is 1. The molecule has 0 saturated carbocycles. The number of nitrogens with two attached hydrogens (primary N) is 1. The summed E-state index contributed by atoms with van der Waals surface area (Å²) in [4.78, 5) is 0. The molecule has 2 aliphatic rings. The molecule has 3 unspecified atom stereocenters. The van der Waals surface area contributed by atoms with Crippen LogP contribution >= 0.6 is 0 Å². The van der Waals surface area contributed by atoms with E-state index in [-0.39, 0.29) is 12.1 Å². The van der Waals surface area contributed by atoms with Gasteiger partial charge in [0.15, 0.2) is 5.82 Å². The highest BCUT2D eigenvalue weighted by Crippen LogP contribution is 2.42. The summed E-state index contributed by atoms with van der Waals surface area (Å²) in [5.74, 6) is 0.788. The predicted octanol–water partition coefficient (Wildman–Crippen LogP) is 1.72. The molecule has 3 atom stereocenters. The molecule has 2 bridgehead atoms. The Hall–Kier alpha value is -1.95. The normalized spacial score (nSPS) is 28.1. The summed E-state index contributed by atoms with van der Waals surface area (Å²) >= 11 is 0. The summed E-state index contributed by atoms with van der Waals surface area (Å²) in [6.07, 6.45) is 3.90. The molecule has 2 saturated heterocycles. The second kappa shape index (κ2) is 4.28.